The van der Waals surface area contributed by atoms with Crippen LogP contribution in [0.15, 0.2) is 48.0 Å². The fraction of sp³-hybridized carbons (Fsp3) is 0.448. The van der Waals surface area contributed by atoms with E-state index < -0.39 is 17.7 Å². The predicted molar refractivity (Wildman–Crippen MR) is 141 cm³/mol. The zero-order chi connectivity index (χ0) is 26.9. The Bertz CT molecular complexity index is 1110. The van der Waals surface area contributed by atoms with E-state index in [0.717, 1.165) is 6.42 Å². The smallest absolute Gasteiger partial charge is 0.295 e. The molecular weight excluding hydrogens is 474 g/mol. The molecule has 3 rings (SSSR count). The van der Waals surface area contributed by atoms with E-state index in [9.17, 15) is 14.7 Å². The van der Waals surface area contributed by atoms with E-state index in [1.165, 1.54) is 12.0 Å². The number of carbonyl (C=O) groups excluding carboxylic acids is 2. The summed E-state index contributed by atoms with van der Waals surface area (Å²) in [7, 11) is 1.53. The molecular formula is C29H37NO7. The van der Waals surface area contributed by atoms with Gasteiger partial charge in [-0.2, -0.15) is 0 Å². The minimum Gasteiger partial charge on any atom is -0.507 e. The van der Waals surface area contributed by atoms with Gasteiger partial charge in [0.05, 0.1) is 38.0 Å². The van der Waals surface area contributed by atoms with Gasteiger partial charge in [-0.15, -0.1) is 0 Å². The van der Waals surface area contributed by atoms with Gasteiger partial charge in [0.25, 0.3) is 11.7 Å². The molecule has 0 radical (unpaired) electrons. The molecule has 37 heavy (non-hydrogen) atoms. The minimum atomic E-state index is -0.814. The van der Waals surface area contributed by atoms with Crippen LogP contribution in [0.1, 0.15) is 51.3 Å². The van der Waals surface area contributed by atoms with Crippen molar-refractivity contribution in [2.45, 2.75) is 40.2 Å². The number of aliphatic hydroxyl groups is 1. The van der Waals surface area contributed by atoms with Gasteiger partial charge < -0.3 is 29.0 Å². The standard InChI is InChI=1S/C29H37NO7/c1-6-35-22-11-8-20(9-12-22)27(31)25-26(30(15-17-34-5)29(33)28(25)32)21-10-13-23(24(18-21)36-7-2)37-16-14-19(3)4/h8-13,18-19,26,31H,6-7,14-17H2,1-5H3/b27-25+. The van der Waals surface area contributed by atoms with Gasteiger partial charge in [-0.25, -0.2) is 0 Å². The van der Waals surface area contributed by atoms with E-state index in [1.807, 2.05) is 13.8 Å². The summed E-state index contributed by atoms with van der Waals surface area (Å²) in [5, 5.41) is 11.3. The van der Waals surface area contributed by atoms with Crippen molar-refractivity contribution in [2.75, 3.05) is 40.1 Å². The third kappa shape index (κ3) is 6.63. The van der Waals surface area contributed by atoms with Crippen molar-refractivity contribution in [2.24, 2.45) is 5.92 Å². The van der Waals surface area contributed by atoms with Crippen LogP contribution in [-0.4, -0.2) is 61.8 Å². The maximum atomic E-state index is 13.2. The molecule has 1 fully saturated rings. The van der Waals surface area contributed by atoms with Crippen molar-refractivity contribution < 1.29 is 33.6 Å². The molecule has 0 bridgehead atoms. The molecule has 8 heteroatoms. The molecule has 0 saturated carbocycles. The van der Waals surface area contributed by atoms with Crippen molar-refractivity contribution in [3.8, 4) is 17.2 Å². The van der Waals surface area contributed by atoms with E-state index in [2.05, 4.69) is 13.8 Å². The number of amides is 1. The first-order valence-electron chi connectivity index (χ1n) is 12.7. The van der Waals surface area contributed by atoms with E-state index in [0.29, 0.717) is 54.1 Å². The molecule has 1 aliphatic heterocycles. The number of ketones is 1. The molecule has 0 spiro atoms. The zero-order valence-electron chi connectivity index (χ0n) is 22.3. The van der Waals surface area contributed by atoms with Gasteiger partial charge in [-0.3, -0.25) is 9.59 Å². The Labute approximate surface area is 218 Å². The van der Waals surface area contributed by atoms with Gasteiger partial charge in [0.15, 0.2) is 11.5 Å². The maximum Gasteiger partial charge on any atom is 0.295 e. The molecule has 1 amide bonds. The Balaban J connectivity index is 2.07. The predicted octanol–water partition coefficient (Wildman–Crippen LogP) is 4.98. The molecule has 1 atom stereocenters. The van der Waals surface area contributed by atoms with Gasteiger partial charge in [-0.1, -0.05) is 19.9 Å². The number of rotatable bonds is 13. The van der Waals surface area contributed by atoms with Gasteiger partial charge in [-0.05, 0) is 68.1 Å². The summed E-state index contributed by atoms with van der Waals surface area (Å²) in [5.41, 5.74) is 1.06. The Morgan fingerprint density at radius 3 is 2.27 bits per heavy atom. The summed E-state index contributed by atoms with van der Waals surface area (Å²) in [6.07, 6.45) is 0.895. The molecule has 2 aromatic rings. The lowest BCUT2D eigenvalue weighted by atomic mass is 9.95. The molecule has 8 nitrogen and oxygen atoms in total. The summed E-state index contributed by atoms with van der Waals surface area (Å²) in [6, 6.07) is 11.3. The molecule has 0 aliphatic carbocycles. The Kier molecular flexibility index (Phi) is 9.97. The number of hydrogen-bond donors (Lipinski definition) is 1. The minimum absolute atomic E-state index is 0.0150. The average Bonchev–Trinajstić information content (AvgIpc) is 3.13. The normalized spacial score (nSPS) is 16.9. The highest BCUT2D eigenvalue weighted by Crippen LogP contribution is 2.42. The molecule has 1 heterocycles. The first kappa shape index (κ1) is 28.1. The van der Waals surface area contributed by atoms with Gasteiger partial charge in [0.1, 0.15) is 11.5 Å². The Morgan fingerprint density at radius 2 is 1.65 bits per heavy atom. The maximum absolute atomic E-state index is 13.2. The number of Topliss-reactive ketones (excluding diaryl/α,β-unsaturated/α-hetero) is 1. The van der Waals surface area contributed by atoms with Gasteiger partial charge >= 0.3 is 0 Å². The molecule has 1 unspecified atom stereocenters. The summed E-state index contributed by atoms with van der Waals surface area (Å²) in [5.74, 6) is 0.561. The summed E-state index contributed by atoms with van der Waals surface area (Å²) in [4.78, 5) is 27.7. The van der Waals surface area contributed by atoms with Crippen molar-refractivity contribution in [1.82, 2.24) is 4.90 Å². The van der Waals surface area contributed by atoms with Crippen LogP contribution in [0.25, 0.3) is 5.76 Å². The van der Waals surface area contributed by atoms with Crippen LogP contribution < -0.4 is 14.2 Å². The van der Waals surface area contributed by atoms with E-state index in [1.54, 1.807) is 42.5 Å². The molecule has 1 aliphatic rings. The fourth-order valence-corrected chi connectivity index (χ4v) is 4.16. The first-order valence-corrected chi connectivity index (χ1v) is 12.7. The number of ether oxygens (including phenoxy) is 4. The van der Waals surface area contributed by atoms with Crippen LogP contribution in [0.4, 0.5) is 0 Å². The number of aliphatic hydroxyl groups excluding tert-OH is 1. The molecule has 1 saturated heterocycles. The number of benzene rings is 2. The lowest BCUT2D eigenvalue weighted by molar-refractivity contribution is -0.140. The monoisotopic (exact) mass is 511 g/mol. The SMILES string of the molecule is CCOc1ccc(/C(O)=C2\C(=O)C(=O)N(CCOC)C2c2ccc(OCCC(C)C)c(OCC)c2)cc1. The highest BCUT2D eigenvalue weighted by Gasteiger charge is 2.46. The lowest BCUT2D eigenvalue weighted by Gasteiger charge is -2.26. The second-order valence-electron chi connectivity index (χ2n) is 9.11. The summed E-state index contributed by atoms with van der Waals surface area (Å²) >= 11 is 0. The third-order valence-electron chi connectivity index (χ3n) is 6.05. The third-order valence-corrected chi connectivity index (χ3v) is 6.05. The molecule has 2 aromatic carbocycles. The van der Waals surface area contributed by atoms with Crippen molar-refractivity contribution in [3.05, 3.63) is 59.2 Å². The fourth-order valence-electron chi connectivity index (χ4n) is 4.16. The highest BCUT2D eigenvalue weighted by atomic mass is 16.5. The second-order valence-corrected chi connectivity index (χ2v) is 9.11. The quantitative estimate of drug-likeness (QED) is 0.230. The highest BCUT2D eigenvalue weighted by molar-refractivity contribution is 6.46. The summed E-state index contributed by atoms with van der Waals surface area (Å²) in [6.45, 7) is 9.90. The number of methoxy groups -OCH3 is 1. The van der Waals surface area contributed by atoms with Crippen LogP contribution in [0.2, 0.25) is 0 Å². The van der Waals surface area contributed by atoms with Crippen LogP contribution in [0.5, 0.6) is 17.2 Å². The second kappa shape index (κ2) is 13.1. The number of hydrogen-bond acceptors (Lipinski definition) is 7. The van der Waals surface area contributed by atoms with E-state index >= 15 is 0 Å². The number of nitrogens with zero attached hydrogens (tertiary/aromatic N) is 1. The van der Waals surface area contributed by atoms with Crippen LogP contribution in [0.3, 0.4) is 0 Å². The average molecular weight is 512 g/mol. The molecule has 0 aromatic heterocycles. The molecule has 1 N–H and O–H groups in total. The van der Waals surface area contributed by atoms with Crippen LogP contribution in [0, 0.1) is 5.92 Å². The van der Waals surface area contributed by atoms with Crippen LogP contribution in [-0.2, 0) is 14.3 Å². The Hall–Kier alpha value is -3.52. The van der Waals surface area contributed by atoms with Crippen molar-refractivity contribution >= 4 is 17.4 Å². The zero-order valence-corrected chi connectivity index (χ0v) is 22.3. The van der Waals surface area contributed by atoms with Crippen molar-refractivity contribution in [1.29, 1.82) is 0 Å². The van der Waals surface area contributed by atoms with Crippen LogP contribution >= 0.6 is 0 Å². The number of likely N-dealkylation sites (tertiary alicyclic amines) is 1. The summed E-state index contributed by atoms with van der Waals surface area (Å²) < 4.78 is 22.5. The van der Waals surface area contributed by atoms with Crippen molar-refractivity contribution in [3.63, 3.8) is 0 Å². The largest absolute Gasteiger partial charge is 0.507 e. The topological polar surface area (TPSA) is 94.5 Å². The first-order chi connectivity index (χ1) is 17.8. The molecule has 200 valence electrons. The van der Waals surface area contributed by atoms with Gasteiger partial charge in [0.2, 0.25) is 0 Å². The lowest BCUT2D eigenvalue weighted by Crippen LogP contribution is -2.32. The van der Waals surface area contributed by atoms with E-state index in [-0.39, 0.29) is 24.5 Å². The van der Waals surface area contributed by atoms with Gasteiger partial charge in [0, 0.05) is 19.2 Å². The van der Waals surface area contributed by atoms with E-state index in [4.69, 9.17) is 18.9 Å². The number of carbonyl (C=O) groups is 2. The Morgan fingerprint density at radius 1 is 0.946 bits per heavy atom.